The zero-order chi connectivity index (χ0) is 14.0. The van der Waals surface area contributed by atoms with E-state index in [0.717, 1.165) is 0 Å². The Kier molecular flexibility index (Phi) is 3.33. The molecule has 3 N–H and O–H groups in total. The number of carbonyl (C=O) groups is 1. The van der Waals surface area contributed by atoms with Crippen LogP contribution in [0.5, 0.6) is 0 Å². The highest BCUT2D eigenvalue weighted by Crippen LogP contribution is 2.20. The Morgan fingerprint density at radius 2 is 2.21 bits per heavy atom. The van der Waals surface area contributed by atoms with Gasteiger partial charge in [-0.2, -0.15) is 0 Å². The number of aromatic nitrogens is 2. The molecule has 0 unspecified atom stereocenters. The SMILES string of the molecule is Cc1cc(=O)c(C(=O)N(C)c2ccncc2N)c[nH]1. The van der Waals surface area contributed by atoms with Crippen LogP contribution in [-0.2, 0) is 0 Å². The van der Waals surface area contributed by atoms with Crippen molar-refractivity contribution in [3.05, 3.63) is 52.2 Å². The second kappa shape index (κ2) is 4.93. The fourth-order valence-electron chi connectivity index (χ4n) is 1.74. The average Bonchev–Trinajstić information content (AvgIpc) is 2.38. The number of carbonyl (C=O) groups excluding carboxylic acids is 1. The van der Waals surface area contributed by atoms with Crippen LogP contribution in [0.2, 0.25) is 0 Å². The van der Waals surface area contributed by atoms with Crippen molar-refractivity contribution in [2.24, 2.45) is 0 Å². The number of nitrogens with zero attached hydrogens (tertiary/aromatic N) is 2. The van der Waals surface area contributed by atoms with E-state index < -0.39 is 5.91 Å². The Labute approximate surface area is 109 Å². The van der Waals surface area contributed by atoms with Crippen LogP contribution in [0.3, 0.4) is 0 Å². The summed E-state index contributed by atoms with van der Waals surface area (Å²) in [6.45, 7) is 1.75. The fraction of sp³-hybridized carbons (Fsp3) is 0.154. The zero-order valence-electron chi connectivity index (χ0n) is 10.7. The van der Waals surface area contributed by atoms with Crippen molar-refractivity contribution in [3.63, 3.8) is 0 Å². The van der Waals surface area contributed by atoms with Gasteiger partial charge in [0.25, 0.3) is 5.91 Å². The lowest BCUT2D eigenvalue weighted by Gasteiger charge is -2.18. The van der Waals surface area contributed by atoms with Crippen LogP contribution in [0.15, 0.2) is 35.5 Å². The summed E-state index contributed by atoms with van der Waals surface area (Å²) < 4.78 is 0. The van der Waals surface area contributed by atoms with Crippen LogP contribution in [-0.4, -0.2) is 22.9 Å². The Bertz CT molecular complexity index is 678. The molecule has 0 aliphatic rings. The maximum Gasteiger partial charge on any atom is 0.263 e. The number of aromatic amines is 1. The largest absolute Gasteiger partial charge is 0.396 e. The predicted octanol–water partition coefficient (Wildman–Crippen LogP) is 0.937. The first-order valence-electron chi connectivity index (χ1n) is 5.67. The first-order chi connectivity index (χ1) is 9.00. The van der Waals surface area contributed by atoms with Crippen LogP contribution >= 0.6 is 0 Å². The van der Waals surface area contributed by atoms with Crippen LogP contribution in [0.4, 0.5) is 11.4 Å². The third kappa shape index (κ3) is 2.47. The smallest absolute Gasteiger partial charge is 0.263 e. The molecule has 2 rings (SSSR count). The van der Waals surface area contributed by atoms with Gasteiger partial charge in [-0.05, 0) is 13.0 Å². The molecule has 98 valence electrons. The summed E-state index contributed by atoms with van der Waals surface area (Å²) in [5.74, 6) is -0.417. The average molecular weight is 258 g/mol. The van der Waals surface area contributed by atoms with Gasteiger partial charge in [-0.1, -0.05) is 0 Å². The summed E-state index contributed by atoms with van der Waals surface area (Å²) in [5.41, 5.74) is 7.10. The van der Waals surface area contributed by atoms with Gasteiger partial charge in [0.1, 0.15) is 5.56 Å². The normalized spacial score (nSPS) is 10.2. The summed E-state index contributed by atoms with van der Waals surface area (Å²) in [4.78, 5) is 32.1. The summed E-state index contributed by atoms with van der Waals surface area (Å²) in [6.07, 6.45) is 4.40. The molecule has 19 heavy (non-hydrogen) atoms. The van der Waals surface area contributed by atoms with Gasteiger partial charge < -0.3 is 15.6 Å². The standard InChI is InChI=1S/C13H14N4O2/c1-8-5-12(18)9(6-16-8)13(19)17(2)11-3-4-15-7-10(11)14/h3-7H,14H2,1-2H3,(H,16,18). The number of nitrogens with two attached hydrogens (primary N) is 1. The summed E-state index contributed by atoms with van der Waals surface area (Å²) in [7, 11) is 1.56. The highest BCUT2D eigenvalue weighted by atomic mass is 16.2. The molecule has 2 heterocycles. The van der Waals surface area contributed by atoms with Gasteiger partial charge in [-0.25, -0.2) is 0 Å². The zero-order valence-corrected chi connectivity index (χ0v) is 10.7. The molecule has 0 aliphatic heterocycles. The van der Waals surface area contributed by atoms with E-state index in [0.29, 0.717) is 17.1 Å². The van der Waals surface area contributed by atoms with Crippen molar-refractivity contribution in [1.82, 2.24) is 9.97 Å². The molecule has 0 spiro atoms. The third-order valence-corrected chi connectivity index (χ3v) is 2.78. The molecule has 0 fully saturated rings. The molecule has 0 saturated heterocycles. The Balaban J connectivity index is 2.40. The molecule has 0 atom stereocenters. The van der Waals surface area contributed by atoms with E-state index >= 15 is 0 Å². The lowest BCUT2D eigenvalue weighted by Crippen LogP contribution is -2.31. The monoisotopic (exact) mass is 258 g/mol. The highest BCUT2D eigenvalue weighted by molar-refractivity contribution is 6.06. The minimum Gasteiger partial charge on any atom is -0.396 e. The van der Waals surface area contributed by atoms with Crippen LogP contribution in [0.1, 0.15) is 16.1 Å². The van der Waals surface area contributed by atoms with Gasteiger partial charge in [0, 0.05) is 31.2 Å². The molecule has 2 aromatic heterocycles. The van der Waals surface area contributed by atoms with E-state index in [1.165, 1.54) is 29.6 Å². The second-order valence-corrected chi connectivity index (χ2v) is 4.19. The molecule has 0 aromatic carbocycles. The molecule has 2 aromatic rings. The number of hydrogen-bond donors (Lipinski definition) is 2. The number of rotatable bonds is 2. The number of pyridine rings is 2. The van der Waals surface area contributed by atoms with E-state index in [1.54, 1.807) is 20.0 Å². The molecule has 1 amide bonds. The van der Waals surface area contributed by atoms with Gasteiger partial charge in [-0.3, -0.25) is 14.6 Å². The molecule has 0 saturated carbocycles. The summed E-state index contributed by atoms with van der Waals surface area (Å²) in [6, 6.07) is 3.01. The molecule has 0 bridgehead atoms. The molecule has 6 heteroatoms. The molecule has 0 radical (unpaired) electrons. The van der Waals surface area contributed by atoms with Crippen molar-refractivity contribution in [1.29, 1.82) is 0 Å². The number of aryl methyl sites for hydroxylation is 1. The minimum absolute atomic E-state index is 0.0734. The third-order valence-electron chi connectivity index (χ3n) is 2.78. The van der Waals surface area contributed by atoms with E-state index in [9.17, 15) is 9.59 Å². The van der Waals surface area contributed by atoms with Crippen molar-refractivity contribution >= 4 is 17.3 Å². The predicted molar refractivity (Wildman–Crippen MR) is 73.2 cm³/mol. The van der Waals surface area contributed by atoms with E-state index in [4.69, 9.17) is 5.73 Å². The maximum atomic E-state index is 12.3. The number of amides is 1. The Hall–Kier alpha value is -2.63. The number of anilines is 2. The number of H-pyrrole nitrogens is 1. The quantitative estimate of drug-likeness (QED) is 0.838. The van der Waals surface area contributed by atoms with E-state index in [2.05, 4.69) is 9.97 Å². The van der Waals surface area contributed by atoms with Gasteiger partial charge in [0.15, 0.2) is 5.43 Å². The van der Waals surface area contributed by atoms with Crippen molar-refractivity contribution in [3.8, 4) is 0 Å². The molecule has 6 nitrogen and oxygen atoms in total. The van der Waals surface area contributed by atoms with E-state index in [-0.39, 0.29) is 11.0 Å². The minimum atomic E-state index is -0.417. The second-order valence-electron chi connectivity index (χ2n) is 4.19. The summed E-state index contributed by atoms with van der Waals surface area (Å²) in [5, 5.41) is 0. The lowest BCUT2D eigenvalue weighted by atomic mass is 10.2. The van der Waals surface area contributed by atoms with Gasteiger partial charge in [0.05, 0.1) is 17.6 Å². The molecular formula is C13H14N4O2. The molecular weight excluding hydrogens is 244 g/mol. The highest BCUT2D eigenvalue weighted by Gasteiger charge is 2.18. The van der Waals surface area contributed by atoms with Crippen LogP contribution in [0, 0.1) is 6.92 Å². The Morgan fingerprint density at radius 1 is 1.47 bits per heavy atom. The first-order valence-corrected chi connectivity index (χ1v) is 5.67. The van der Waals surface area contributed by atoms with Gasteiger partial charge >= 0.3 is 0 Å². The van der Waals surface area contributed by atoms with Crippen LogP contribution in [0.25, 0.3) is 0 Å². The summed E-state index contributed by atoms with van der Waals surface area (Å²) >= 11 is 0. The van der Waals surface area contributed by atoms with Gasteiger partial charge in [-0.15, -0.1) is 0 Å². The van der Waals surface area contributed by atoms with Crippen molar-refractivity contribution in [2.45, 2.75) is 6.92 Å². The maximum absolute atomic E-state index is 12.3. The first kappa shape index (κ1) is 12.8. The Morgan fingerprint density at radius 3 is 2.84 bits per heavy atom. The van der Waals surface area contributed by atoms with Gasteiger partial charge in [0.2, 0.25) is 0 Å². The number of nitrogens with one attached hydrogen (secondary N) is 1. The van der Waals surface area contributed by atoms with E-state index in [1.807, 2.05) is 0 Å². The lowest BCUT2D eigenvalue weighted by molar-refractivity contribution is 0.0991. The number of hydrogen-bond acceptors (Lipinski definition) is 4. The van der Waals surface area contributed by atoms with Crippen LogP contribution < -0.4 is 16.1 Å². The van der Waals surface area contributed by atoms with Crippen molar-refractivity contribution in [2.75, 3.05) is 17.7 Å². The number of nitrogen functional groups attached to an aromatic ring is 1. The topological polar surface area (TPSA) is 92.1 Å². The molecule has 0 aliphatic carbocycles. The van der Waals surface area contributed by atoms with Crippen molar-refractivity contribution < 1.29 is 4.79 Å². The fourth-order valence-corrected chi connectivity index (χ4v) is 1.74.